The second-order valence-electron chi connectivity index (χ2n) is 4.57. The SMILES string of the molecule is CC1COC(CO)CN1C(=O)c1ccc(N)cc1. The largest absolute Gasteiger partial charge is 0.399 e. The lowest BCUT2D eigenvalue weighted by atomic mass is 10.1. The van der Waals surface area contributed by atoms with Crippen LogP contribution in [-0.4, -0.2) is 47.8 Å². The van der Waals surface area contributed by atoms with Gasteiger partial charge in [-0.25, -0.2) is 0 Å². The van der Waals surface area contributed by atoms with Crippen molar-refractivity contribution in [3.8, 4) is 0 Å². The van der Waals surface area contributed by atoms with Gasteiger partial charge in [0.25, 0.3) is 5.91 Å². The summed E-state index contributed by atoms with van der Waals surface area (Å²) in [7, 11) is 0. The van der Waals surface area contributed by atoms with Crippen molar-refractivity contribution in [3.63, 3.8) is 0 Å². The Hall–Kier alpha value is -1.59. The molecule has 1 heterocycles. The molecule has 3 N–H and O–H groups in total. The number of aliphatic hydroxyl groups is 1. The third-order valence-electron chi connectivity index (χ3n) is 3.13. The van der Waals surface area contributed by atoms with Crippen molar-refractivity contribution in [1.82, 2.24) is 4.90 Å². The van der Waals surface area contributed by atoms with Gasteiger partial charge in [0.05, 0.1) is 25.4 Å². The average Bonchev–Trinajstić information content (AvgIpc) is 2.39. The molecule has 2 rings (SSSR count). The van der Waals surface area contributed by atoms with E-state index in [1.807, 2.05) is 6.92 Å². The van der Waals surface area contributed by atoms with Gasteiger partial charge in [0, 0.05) is 17.8 Å². The van der Waals surface area contributed by atoms with Crippen LogP contribution in [0.5, 0.6) is 0 Å². The number of ether oxygens (including phenoxy) is 1. The van der Waals surface area contributed by atoms with Crippen molar-refractivity contribution in [2.45, 2.75) is 19.1 Å². The van der Waals surface area contributed by atoms with E-state index in [1.165, 1.54) is 0 Å². The van der Waals surface area contributed by atoms with E-state index in [4.69, 9.17) is 15.6 Å². The third-order valence-corrected chi connectivity index (χ3v) is 3.13. The number of morpholine rings is 1. The molecule has 1 saturated heterocycles. The molecule has 1 amide bonds. The number of amides is 1. The van der Waals surface area contributed by atoms with Gasteiger partial charge in [-0.15, -0.1) is 0 Å². The zero-order valence-corrected chi connectivity index (χ0v) is 10.4. The molecule has 98 valence electrons. The first-order valence-corrected chi connectivity index (χ1v) is 6.00. The lowest BCUT2D eigenvalue weighted by Gasteiger charge is -2.37. The molecule has 18 heavy (non-hydrogen) atoms. The summed E-state index contributed by atoms with van der Waals surface area (Å²) in [6.45, 7) is 2.73. The maximum Gasteiger partial charge on any atom is 0.254 e. The van der Waals surface area contributed by atoms with Gasteiger partial charge in [0.1, 0.15) is 0 Å². The molecule has 1 aromatic rings. The average molecular weight is 250 g/mol. The molecule has 0 bridgehead atoms. The Morgan fingerprint density at radius 1 is 1.50 bits per heavy atom. The van der Waals surface area contributed by atoms with E-state index in [2.05, 4.69) is 0 Å². The van der Waals surface area contributed by atoms with Crippen molar-refractivity contribution in [2.24, 2.45) is 0 Å². The lowest BCUT2D eigenvalue weighted by Crippen LogP contribution is -2.52. The van der Waals surface area contributed by atoms with E-state index in [-0.39, 0.29) is 24.7 Å². The van der Waals surface area contributed by atoms with Crippen LogP contribution < -0.4 is 5.73 Å². The number of carbonyl (C=O) groups is 1. The van der Waals surface area contributed by atoms with E-state index in [0.29, 0.717) is 24.4 Å². The number of benzene rings is 1. The van der Waals surface area contributed by atoms with Gasteiger partial charge in [-0.05, 0) is 31.2 Å². The number of aliphatic hydroxyl groups excluding tert-OH is 1. The monoisotopic (exact) mass is 250 g/mol. The van der Waals surface area contributed by atoms with Crippen molar-refractivity contribution in [2.75, 3.05) is 25.5 Å². The summed E-state index contributed by atoms with van der Waals surface area (Å²) in [5.41, 5.74) is 6.84. The zero-order valence-electron chi connectivity index (χ0n) is 10.4. The number of hydrogen-bond acceptors (Lipinski definition) is 4. The first kappa shape index (κ1) is 12.9. The summed E-state index contributed by atoms with van der Waals surface area (Å²) in [6.07, 6.45) is -0.293. The fourth-order valence-electron chi connectivity index (χ4n) is 2.00. The first-order chi connectivity index (χ1) is 8.61. The van der Waals surface area contributed by atoms with Gasteiger partial charge in [0.15, 0.2) is 0 Å². The van der Waals surface area contributed by atoms with Crippen molar-refractivity contribution < 1.29 is 14.6 Å². The smallest absolute Gasteiger partial charge is 0.254 e. The van der Waals surface area contributed by atoms with Crippen molar-refractivity contribution in [1.29, 1.82) is 0 Å². The molecule has 0 saturated carbocycles. The fraction of sp³-hybridized carbons (Fsp3) is 0.462. The number of carbonyl (C=O) groups excluding carboxylic acids is 1. The highest BCUT2D eigenvalue weighted by Crippen LogP contribution is 2.16. The molecule has 5 heteroatoms. The summed E-state index contributed by atoms with van der Waals surface area (Å²) in [5, 5.41) is 9.10. The van der Waals surface area contributed by atoms with Gasteiger partial charge >= 0.3 is 0 Å². The standard InChI is InChI=1S/C13H18N2O3/c1-9-8-18-12(7-16)6-15(9)13(17)10-2-4-11(14)5-3-10/h2-5,9,12,16H,6-8,14H2,1H3. The molecule has 1 aromatic carbocycles. The molecule has 1 aliphatic rings. The van der Waals surface area contributed by atoms with Gasteiger partial charge in [-0.3, -0.25) is 4.79 Å². The maximum atomic E-state index is 12.3. The van der Waals surface area contributed by atoms with Crippen LogP contribution in [0.2, 0.25) is 0 Å². The van der Waals surface area contributed by atoms with Crippen LogP contribution in [0.25, 0.3) is 0 Å². The van der Waals surface area contributed by atoms with Crippen LogP contribution in [0.4, 0.5) is 5.69 Å². The van der Waals surface area contributed by atoms with Crippen LogP contribution >= 0.6 is 0 Å². The molecule has 2 unspecified atom stereocenters. The summed E-state index contributed by atoms with van der Waals surface area (Å²) in [6, 6.07) is 6.86. The lowest BCUT2D eigenvalue weighted by molar-refractivity contribution is -0.0667. The Morgan fingerprint density at radius 3 is 2.78 bits per heavy atom. The van der Waals surface area contributed by atoms with E-state index >= 15 is 0 Å². The second kappa shape index (κ2) is 5.37. The minimum Gasteiger partial charge on any atom is -0.399 e. The Balaban J connectivity index is 2.13. The van der Waals surface area contributed by atoms with Gasteiger partial charge in [0.2, 0.25) is 0 Å². The minimum absolute atomic E-state index is 0.0119. The van der Waals surface area contributed by atoms with Crippen molar-refractivity contribution in [3.05, 3.63) is 29.8 Å². The van der Waals surface area contributed by atoms with E-state index in [0.717, 1.165) is 0 Å². The number of anilines is 1. The number of nitrogens with zero attached hydrogens (tertiary/aromatic N) is 1. The van der Waals surface area contributed by atoms with Crippen LogP contribution in [0, 0.1) is 0 Å². The molecule has 5 nitrogen and oxygen atoms in total. The molecule has 0 aromatic heterocycles. The van der Waals surface area contributed by atoms with Crippen LogP contribution in [-0.2, 0) is 4.74 Å². The van der Waals surface area contributed by atoms with E-state index < -0.39 is 0 Å². The summed E-state index contributed by atoms with van der Waals surface area (Å²) < 4.78 is 5.41. The van der Waals surface area contributed by atoms with E-state index in [9.17, 15) is 4.79 Å². The highest BCUT2D eigenvalue weighted by molar-refractivity contribution is 5.94. The molecule has 0 aliphatic carbocycles. The normalized spacial score (nSPS) is 24.0. The second-order valence-corrected chi connectivity index (χ2v) is 4.57. The van der Waals surface area contributed by atoms with Crippen LogP contribution in [0.15, 0.2) is 24.3 Å². The molecule has 1 fully saturated rings. The number of nitrogen functional groups attached to an aromatic ring is 1. The molecule has 0 spiro atoms. The summed E-state index contributed by atoms with van der Waals surface area (Å²) in [5.74, 6) is -0.0516. The maximum absolute atomic E-state index is 12.3. The molecular formula is C13H18N2O3. The highest BCUT2D eigenvalue weighted by atomic mass is 16.5. The summed E-state index contributed by atoms with van der Waals surface area (Å²) in [4.78, 5) is 14.1. The fourth-order valence-corrected chi connectivity index (χ4v) is 2.00. The Kier molecular flexibility index (Phi) is 3.84. The van der Waals surface area contributed by atoms with Gasteiger partial charge in [-0.2, -0.15) is 0 Å². The Labute approximate surface area is 106 Å². The van der Waals surface area contributed by atoms with Crippen LogP contribution in [0.3, 0.4) is 0 Å². The predicted octanol–water partition coefficient (Wildman–Crippen LogP) is 0.491. The summed E-state index contributed by atoms with van der Waals surface area (Å²) >= 11 is 0. The Bertz CT molecular complexity index is 419. The molecule has 0 radical (unpaired) electrons. The molecular weight excluding hydrogens is 232 g/mol. The van der Waals surface area contributed by atoms with Gasteiger partial charge < -0.3 is 20.5 Å². The van der Waals surface area contributed by atoms with Crippen LogP contribution in [0.1, 0.15) is 17.3 Å². The third kappa shape index (κ3) is 2.63. The predicted molar refractivity (Wildman–Crippen MR) is 68.2 cm³/mol. The van der Waals surface area contributed by atoms with Crippen molar-refractivity contribution >= 4 is 11.6 Å². The van der Waals surface area contributed by atoms with E-state index in [1.54, 1.807) is 29.2 Å². The number of nitrogens with two attached hydrogens (primary N) is 1. The minimum atomic E-state index is -0.293. The number of hydrogen-bond donors (Lipinski definition) is 2. The first-order valence-electron chi connectivity index (χ1n) is 6.00. The zero-order chi connectivity index (χ0) is 13.1. The number of rotatable bonds is 2. The topological polar surface area (TPSA) is 75.8 Å². The van der Waals surface area contributed by atoms with Gasteiger partial charge in [-0.1, -0.05) is 0 Å². The quantitative estimate of drug-likeness (QED) is 0.749. The highest BCUT2D eigenvalue weighted by Gasteiger charge is 2.29. The Morgan fingerprint density at radius 2 is 2.17 bits per heavy atom. The molecule has 2 atom stereocenters. The molecule has 1 aliphatic heterocycles.